The van der Waals surface area contributed by atoms with E-state index in [9.17, 15) is 107 Å². The van der Waals surface area contributed by atoms with E-state index in [0.29, 0.717) is 0 Å². The van der Waals surface area contributed by atoms with Crippen molar-refractivity contribution in [2.75, 3.05) is 52.7 Å². The molecular formula is C44H74N2O35. The van der Waals surface area contributed by atoms with E-state index in [1.165, 1.54) is 0 Å². The summed E-state index contributed by atoms with van der Waals surface area (Å²) in [7, 11) is 0. The maximum atomic E-state index is 12.4. The van der Waals surface area contributed by atoms with Crippen LogP contribution in [0.4, 0.5) is 0 Å². The predicted octanol–water partition coefficient (Wildman–Crippen LogP) is -16.1. The first-order chi connectivity index (χ1) is 38.5. The number of nitrogens with one attached hydrogen (secondary N) is 1. The molecule has 37 nitrogen and oxygen atoms in total. The van der Waals surface area contributed by atoms with Crippen LogP contribution >= 0.6 is 0 Å². The van der Waals surface area contributed by atoms with Gasteiger partial charge in [-0.05, 0) is 0 Å². The fraction of sp³-hybridized carbons (Fsp3) is 0.977. The third kappa shape index (κ3) is 13.2. The molecule has 470 valence electrons. The van der Waals surface area contributed by atoms with Crippen LogP contribution in [0.15, 0.2) is 0 Å². The Morgan fingerprint density at radius 3 is 0.593 bits per heavy atom. The number of hydrogen-bond donors (Lipinski definition) is 22. The highest BCUT2D eigenvalue weighted by molar-refractivity contribution is 5.77. The van der Waals surface area contributed by atoms with Crippen LogP contribution in [-0.2, 0) is 71.1 Å². The minimum absolute atomic E-state index is 0.579. The molecule has 21 aliphatic rings. The predicted molar refractivity (Wildman–Crippen MR) is 243 cm³/mol. The number of hydrogen-bond acceptors (Lipinski definition) is 36. The molecule has 14 bridgehead atoms. The van der Waals surface area contributed by atoms with Crippen molar-refractivity contribution in [3.8, 4) is 0 Å². The number of rotatable bonds is 9. The van der Waals surface area contributed by atoms with Crippen molar-refractivity contribution in [2.45, 2.75) is 215 Å². The smallest absolute Gasteiger partial charge is 0.233 e. The van der Waals surface area contributed by atoms with Crippen LogP contribution < -0.4 is 11.1 Å². The van der Waals surface area contributed by atoms with Crippen molar-refractivity contribution in [3.05, 3.63) is 0 Å². The van der Waals surface area contributed by atoms with Gasteiger partial charge >= 0.3 is 0 Å². The highest BCUT2D eigenvalue weighted by Gasteiger charge is 2.59. The van der Waals surface area contributed by atoms with Gasteiger partial charge in [-0.3, -0.25) is 4.79 Å². The van der Waals surface area contributed by atoms with E-state index in [4.69, 9.17) is 72.0 Å². The molecule has 0 saturated carbocycles. The molecule has 21 aliphatic heterocycles. The molecule has 37 heteroatoms. The molecule has 1 amide bonds. The molecule has 0 aromatic rings. The van der Waals surface area contributed by atoms with Crippen molar-refractivity contribution in [3.63, 3.8) is 0 Å². The highest BCUT2D eigenvalue weighted by Crippen LogP contribution is 2.39. The third-order valence-corrected chi connectivity index (χ3v) is 15.3. The van der Waals surface area contributed by atoms with E-state index >= 15 is 0 Å². The Morgan fingerprint density at radius 1 is 0.272 bits per heavy atom. The number of aliphatic hydroxyl groups is 20. The zero-order chi connectivity index (χ0) is 59.0. The van der Waals surface area contributed by atoms with Crippen molar-refractivity contribution in [1.29, 1.82) is 0 Å². The van der Waals surface area contributed by atoms with Gasteiger partial charge in [0, 0.05) is 6.54 Å². The zero-order valence-electron chi connectivity index (χ0n) is 42.5. The SMILES string of the molecule is NCC(=O)NCC1OC2OC3C(CO)OC(OC4C(CO)OC(OC5C(CO)OC(OC6C(CO)OC(OC7C(CO)OC(OC8C(CO)OC(OC1C(O)C2O)C(O)C8O)C(O)C7O)C(O)C6O)C(O)C5O)C(O)C4O)C(O)C3O. The number of carbonyl (C=O) groups is 1. The first-order valence-corrected chi connectivity index (χ1v) is 25.9. The van der Waals surface area contributed by atoms with Gasteiger partial charge in [-0.15, -0.1) is 0 Å². The second-order valence-electron chi connectivity index (χ2n) is 20.5. The average Bonchev–Trinajstić information content (AvgIpc) is 3.54. The largest absolute Gasteiger partial charge is 0.394 e. The van der Waals surface area contributed by atoms with Crippen molar-refractivity contribution < 1.29 is 173 Å². The van der Waals surface area contributed by atoms with Crippen LogP contribution in [0.1, 0.15) is 0 Å². The van der Waals surface area contributed by atoms with E-state index in [2.05, 4.69) is 5.32 Å². The van der Waals surface area contributed by atoms with Gasteiger partial charge in [0.25, 0.3) is 0 Å². The fourth-order valence-corrected chi connectivity index (χ4v) is 10.7. The lowest BCUT2D eigenvalue weighted by molar-refractivity contribution is -0.396. The van der Waals surface area contributed by atoms with Gasteiger partial charge < -0.3 is 179 Å². The molecule has 0 aromatic heterocycles. The molecule has 0 spiro atoms. The summed E-state index contributed by atoms with van der Waals surface area (Å²) in [4.78, 5) is 12.4. The molecule has 23 N–H and O–H groups in total. The summed E-state index contributed by atoms with van der Waals surface area (Å²) in [5.41, 5.74) is 5.45. The molecule has 35 atom stereocenters. The van der Waals surface area contributed by atoms with Crippen LogP contribution in [-0.4, -0.2) is 376 Å². The monoisotopic (exact) mass is 1190 g/mol. The summed E-state index contributed by atoms with van der Waals surface area (Å²) in [6, 6.07) is 0. The van der Waals surface area contributed by atoms with E-state index < -0.39 is 274 Å². The summed E-state index contributed by atoms with van der Waals surface area (Å²) >= 11 is 0. The van der Waals surface area contributed by atoms with Gasteiger partial charge in [0.05, 0.1) is 46.2 Å². The molecule has 0 aliphatic carbocycles. The second kappa shape index (κ2) is 27.8. The van der Waals surface area contributed by atoms with Gasteiger partial charge in [-0.25, -0.2) is 0 Å². The number of carbonyl (C=O) groups excluding carboxylic acids is 1. The van der Waals surface area contributed by atoms with Gasteiger partial charge in [0.1, 0.15) is 171 Å². The molecule has 0 radical (unpaired) electrons. The number of ether oxygens (including phenoxy) is 14. The van der Waals surface area contributed by atoms with Crippen LogP contribution in [0.3, 0.4) is 0 Å². The molecule has 21 rings (SSSR count). The maximum Gasteiger partial charge on any atom is 0.233 e. The van der Waals surface area contributed by atoms with Crippen molar-refractivity contribution >= 4 is 5.91 Å². The van der Waals surface area contributed by atoms with Gasteiger partial charge in [-0.1, -0.05) is 0 Å². The Labute approximate surface area is 457 Å². The lowest BCUT2D eigenvalue weighted by Crippen LogP contribution is -2.68. The standard InChI is InChI=1S/C44H74N2O35/c45-1-16(53)46-2-9-31-17(54)24(61)38(68-9)76-32-10(3-47)70-40(26(63)19(32)56)78-34-12(5-49)72-42(28(65)21(34)58)80-36-14(7-51)74-44(30(67)23(36)60)81-37-15(8-52)73-43(29(66)22(37)59)79-35-13(6-50)71-41(27(64)20(35)57)77-33-11(4-48)69-39(75-31)25(62)18(33)55/h9-15,17-44,47-52,54-67H,1-8,45H2,(H,46,53). The Balaban J connectivity index is 1.09. The Kier molecular flexibility index (Phi) is 22.4. The van der Waals surface area contributed by atoms with E-state index in [1.807, 2.05) is 0 Å². The minimum atomic E-state index is -2.24. The topological polar surface area (TPSA) is 589 Å². The van der Waals surface area contributed by atoms with Crippen LogP contribution in [0.2, 0.25) is 0 Å². The average molecular weight is 1190 g/mol. The van der Waals surface area contributed by atoms with E-state index in [0.717, 1.165) is 0 Å². The quantitative estimate of drug-likeness (QED) is 0.102. The summed E-state index contributed by atoms with van der Waals surface area (Å²) < 4.78 is 80.2. The third-order valence-electron chi connectivity index (χ3n) is 15.3. The molecule has 21 fully saturated rings. The number of nitrogens with two attached hydrogens (primary N) is 1. The normalized spacial score (nSPS) is 53.1. The number of aliphatic hydroxyl groups excluding tert-OH is 20. The summed E-state index contributed by atoms with van der Waals surface area (Å²) in [6.07, 6.45) is -70.9. The Morgan fingerprint density at radius 2 is 0.432 bits per heavy atom. The van der Waals surface area contributed by atoms with E-state index in [1.54, 1.807) is 0 Å². The highest BCUT2D eigenvalue weighted by atomic mass is 16.8. The molecule has 21 heterocycles. The Hall–Kier alpha value is -1.93. The molecule has 35 unspecified atom stereocenters. The molecule has 0 aromatic carbocycles. The van der Waals surface area contributed by atoms with Crippen LogP contribution in [0.25, 0.3) is 0 Å². The zero-order valence-corrected chi connectivity index (χ0v) is 42.5. The van der Waals surface area contributed by atoms with Crippen LogP contribution in [0, 0.1) is 0 Å². The van der Waals surface area contributed by atoms with Gasteiger partial charge in [0.2, 0.25) is 5.91 Å². The van der Waals surface area contributed by atoms with E-state index in [-0.39, 0.29) is 0 Å². The molecular weight excluding hydrogens is 1120 g/mol. The van der Waals surface area contributed by atoms with Crippen molar-refractivity contribution in [2.24, 2.45) is 5.73 Å². The first-order valence-electron chi connectivity index (χ1n) is 25.9. The number of amides is 1. The van der Waals surface area contributed by atoms with Gasteiger partial charge in [0.15, 0.2) is 44.0 Å². The minimum Gasteiger partial charge on any atom is -0.394 e. The second-order valence-corrected chi connectivity index (χ2v) is 20.5. The summed E-state index contributed by atoms with van der Waals surface area (Å²) in [6.45, 7) is -7.58. The Bertz CT molecular complexity index is 1960. The lowest BCUT2D eigenvalue weighted by Gasteiger charge is -2.50. The summed E-state index contributed by atoms with van der Waals surface area (Å²) in [5, 5.41) is 224. The molecule has 21 saturated heterocycles. The van der Waals surface area contributed by atoms with Crippen molar-refractivity contribution in [1.82, 2.24) is 5.32 Å². The van der Waals surface area contributed by atoms with Gasteiger partial charge in [-0.2, -0.15) is 0 Å². The first kappa shape index (κ1) is 65.1. The maximum absolute atomic E-state index is 12.4. The lowest BCUT2D eigenvalue weighted by atomic mass is 9.95. The van der Waals surface area contributed by atoms with Crippen LogP contribution in [0.5, 0.6) is 0 Å². The fourth-order valence-electron chi connectivity index (χ4n) is 10.7. The molecule has 81 heavy (non-hydrogen) atoms. The summed E-state index contributed by atoms with van der Waals surface area (Å²) in [5.74, 6) is -0.801.